The summed E-state index contributed by atoms with van der Waals surface area (Å²) in [6.07, 6.45) is 11.1. The first-order valence-electron chi connectivity index (χ1n) is 5.13. The first-order valence-corrected chi connectivity index (χ1v) is 5.13. The summed E-state index contributed by atoms with van der Waals surface area (Å²) in [6.45, 7) is 3.84. The normalized spacial score (nSPS) is 21.4. The number of ketones is 1. The van der Waals surface area contributed by atoms with Gasteiger partial charge in [-0.2, -0.15) is 0 Å². The Labute approximate surface area is 80.5 Å². The minimum absolute atomic E-state index is 0.185. The van der Waals surface area contributed by atoms with Crippen molar-refractivity contribution in [1.29, 1.82) is 0 Å². The summed E-state index contributed by atoms with van der Waals surface area (Å²) >= 11 is 0. The molecule has 0 N–H and O–H groups in total. The van der Waals surface area contributed by atoms with Crippen molar-refractivity contribution in [2.75, 3.05) is 0 Å². The van der Waals surface area contributed by atoms with Gasteiger partial charge in [-0.1, -0.05) is 38.0 Å². The fourth-order valence-electron chi connectivity index (χ4n) is 1.61. The highest BCUT2D eigenvalue weighted by Gasteiger charge is 2.09. The van der Waals surface area contributed by atoms with Crippen LogP contribution in [0.1, 0.15) is 39.5 Å². The first-order chi connectivity index (χ1) is 6.24. The van der Waals surface area contributed by atoms with Gasteiger partial charge in [-0.15, -0.1) is 0 Å². The molecule has 1 nitrogen and oxygen atoms in total. The Balaban J connectivity index is 2.39. The third-order valence-corrected chi connectivity index (χ3v) is 2.52. The van der Waals surface area contributed by atoms with Crippen LogP contribution in [0.3, 0.4) is 0 Å². The molecule has 0 saturated carbocycles. The maximum absolute atomic E-state index is 11.0. The van der Waals surface area contributed by atoms with E-state index in [0.717, 1.165) is 12.0 Å². The number of hydrogen-bond donors (Lipinski definition) is 0. The Kier molecular flexibility index (Phi) is 3.94. The van der Waals surface area contributed by atoms with Crippen LogP contribution in [0.4, 0.5) is 0 Å². The minimum Gasteiger partial charge on any atom is -0.295 e. The van der Waals surface area contributed by atoms with Crippen molar-refractivity contribution in [1.82, 2.24) is 0 Å². The van der Waals surface area contributed by atoms with Crippen LogP contribution in [0.25, 0.3) is 0 Å². The van der Waals surface area contributed by atoms with Crippen molar-refractivity contribution in [2.24, 2.45) is 5.92 Å². The maximum Gasteiger partial charge on any atom is 0.159 e. The minimum atomic E-state index is 0.185. The van der Waals surface area contributed by atoms with E-state index in [1.54, 1.807) is 6.92 Å². The number of allylic oxidation sites excluding steroid dienone is 4. The summed E-state index contributed by atoms with van der Waals surface area (Å²) in [7, 11) is 0. The van der Waals surface area contributed by atoms with Gasteiger partial charge in [0.05, 0.1) is 0 Å². The molecule has 1 heteroatoms. The second-order valence-corrected chi connectivity index (χ2v) is 3.71. The monoisotopic (exact) mass is 178 g/mol. The van der Waals surface area contributed by atoms with Gasteiger partial charge in [-0.25, -0.2) is 0 Å². The fraction of sp³-hybridized carbons (Fsp3) is 0.583. The second-order valence-electron chi connectivity index (χ2n) is 3.71. The third kappa shape index (κ3) is 3.17. The van der Waals surface area contributed by atoms with Gasteiger partial charge in [-0.05, 0) is 25.7 Å². The molecule has 0 amide bonds. The van der Waals surface area contributed by atoms with E-state index < -0.39 is 0 Å². The zero-order chi connectivity index (χ0) is 9.68. The van der Waals surface area contributed by atoms with E-state index in [2.05, 4.69) is 19.1 Å². The van der Waals surface area contributed by atoms with Crippen LogP contribution in [0.5, 0.6) is 0 Å². The molecule has 0 heterocycles. The lowest BCUT2D eigenvalue weighted by Crippen LogP contribution is -2.03. The molecule has 0 aromatic carbocycles. The lowest BCUT2D eigenvalue weighted by atomic mass is 9.91. The zero-order valence-electron chi connectivity index (χ0n) is 8.55. The number of hydrogen-bond acceptors (Lipinski definition) is 1. The third-order valence-electron chi connectivity index (χ3n) is 2.52. The summed E-state index contributed by atoms with van der Waals surface area (Å²) in [5, 5.41) is 0. The van der Waals surface area contributed by atoms with Crippen LogP contribution >= 0.6 is 0 Å². The van der Waals surface area contributed by atoms with E-state index in [1.165, 1.54) is 19.3 Å². The van der Waals surface area contributed by atoms with Crippen molar-refractivity contribution in [3.05, 3.63) is 23.8 Å². The van der Waals surface area contributed by atoms with Gasteiger partial charge in [0, 0.05) is 5.57 Å². The average Bonchev–Trinajstić information content (AvgIpc) is 2.15. The zero-order valence-corrected chi connectivity index (χ0v) is 8.55. The Morgan fingerprint density at radius 1 is 1.62 bits per heavy atom. The van der Waals surface area contributed by atoms with Gasteiger partial charge in [0.1, 0.15) is 0 Å². The molecule has 13 heavy (non-hydrogen) atoms. The maximum atomic E-state index is 11.0. The summed E-state index contributed by atoms with van der Waals surface area (Å²) in [6, 6.07) is 0. The van der Waals surface area contributed by atoms with Gasteiger partial charge in [0.2, 0.25) is 0 Å². The van der Waals surface area contributed by atoms with Gasteiger partial charge in [0.25, 0.3) is 0 Å². The van der Waals surface area contributed by atoms with E-state index in [1.807, 2.05) is 6.08 Å². The molecule has 0 aromatic heterocycles. The summed E-state index contributed by atoms with van der Waals surface area (Å²) in [5.41, 5.74) is 0.882. The van der Waals surface area contributed by atoms with Crippen LogP contribution in [-0.4, -0.2) is 5.78 Å². The molecule has 0 saturated heterocycles. The molecule has 0 aliphatic heterocycles. The molecule has 72 valence electrons. The van der Waals surface area contributed by atoms with E-state index in [0.29, 0.717) is 5.92 Å². The smallest absolute Gasteiger partial charge is 0.159 e. The van der Waals surface area contributed by atoms with Crippen molar-refractivity contribution < 1.29 is 4.79 Å². The van der Waals surface area contributed by atoms with Crippen LogP contribution in [0.2, 0.25) is 0 Å². The van der Waals surface area contributed by atoms with Gasteiger partial charge >= 0.3 is 0 Å². The van der Waals surface area contributed by atoms with E-state index in [9.17, 15) is 4.79 Å². The van der Waals surface area contributed by atoms with E-state index in [-0.39, 0.29) is 5.78 Å². The Morgan fingerprint density at radius 2 is 2.38 bits per heavy atom. The molecule has 0 spiro atoms. The summed E-state index contributed by atoms with van der Waals surface area (Å²) in [5.74, 6) is 0.855. The lowest BCUT2D eigenvalue weighted by molar-refractivity contribution is -0.113. The summed E-state index contributed by atoms with van der Waals surface area (Å²) in [4.78, 5) is 11.0. The average molecular weight is 178 g/mol. The SMILES string of the molecule is CCCCC1C=CC(C(C)=O)=CC1. The van der Waals surface area contributed by atoms with Gasteiger partial charge < -0.3 is 0 Å². The van der Waals surface area contributed by atoms with Crippen molar-refractivity contribution >= 4 is 5.78 Å². The topological polar surface area (TPSA) is 17.1 Å². The Bertz CT molecular complexity index is 236. The fourth-order valence-corrected chi connectivity index (χ4v) is 1.61. The molecule has 1 unspecified atom stereocenters. The predicted octanol–water partition coefficient (Wildman–Crippen LogP) is 3.27. The highest BCUT2D eigenvalue weighted by Crippen LogP contribution is 2.21. The van der Waals surface area contributed by atoms with Gasteiger partial charge in [-0.3, -0.25) is 4.79 Å². The quantitative estimate of drug-likeness (QED) is 0.645. The van der Waals surface area contributed by atoms with Crippen molar-refractivity contribution in [3.8, 4) is 0 Å². The Hall–Kier alpha value is -0.850. The largest absolute Gasteiger partial charge is 0.295 e. The van der Waals surface area contributed by atoms with Crippen LogP contribution in [0.15, 0.2) is 23.8 Å². The molecular formula is C12H18O. The van der Waals surface area contributed by atoms with Crippen LogP contribution in [-0.2, 0) is 4.79 Å². The molecule has 0 aromatic rings. The number of Topliss-reactive ketones (excluding diaryl/α,β-unsaturated/α-hetero) is 1. The highest BCUT2D eigenvalue weighted by atomic mass is 16.1. The Morgan fingerprint density at radius 3 is 2.85 bits per heavy atom. The van der Waals surface area contributed by atoms with E-state index in [4.69, 9.17) is 0 Å². The lowest BCUT2D eigenvalue weighted by Gasteiger charge is -2.14. The molecule has 1 rings (SSSR count). The number of carbonyl (C=O) groups excluding carboxylic acids is 1. The molecule has 0 fully saturated rings. The number of rotatable bonds is 4. The van der Waals surface area contributed by atoms with Crippen molar-refractivity contribution in [3.63, 3.8) is 0 Å². The molecule has 1 aliphatic carbocycles. The standard InChI is InChI=1S/C12H18O/c1-3-4-5-11-6-8-12(9-7-11)10(2)13/h6,8-9,11H,3-5,7H2,1-2H3. The van der Waals surface area contributed by atoms with E-state index >= 15 is 0 Å². The molecule has 1 aliphatic rings. The van der Waals surface area contributed by atoms with Gasteiger partial charge in [0.15, 0.2) is 5.78 Å². The summed E-state index contributed by atoms with van der Waals surface area (Å²) < 4.78 is 0. The number of unbranched alkanes of at least 4 members (excludes halogenated alkanes) is 1. The molecule has 0 radical (unpaired) electrons. The first kappa shape index (κ1) is 10.2. The molecule has 0 bridgehead atoms. The van der Waals surface area contributed by atoms with Crippen LogP contribution in [0, 0.1) is 5.92 Å². The second kappa shape index (κ2) is 5.00. The highest BCUT2D eigenvalue weighted by molar-refractivity contribution is 5.96. The molecular weight excluding hydrogens is 160 g/mol. The molecule has 1 atom stereocenters. The van der Waals surface area contributed by atoms with Crippen LogP contribution < -0.4 is 0 Å². The predicted molar refractivity (Wildman–Crippen MR) is 55.5 cm³/mol. The van der Waals surface area contributed by atoms with Crippen molar-refractivity contribution in [2.45, 2.75) is 39.5 Å². The number of carbonyl (C=O) groups is 1.